The van der Waals surface area contributed by atoms with Gasteiger partial charge in [-0.3, -0.25) is 0 Å². The molecule has 0 bridgehead atoms. The Hall–Kier alpha value is -1.06. The number of halogens is 1. The third-order valence-electron chi connectivity index (χ3n) is 1.76. The van der Waals surface area contributed by atoms with Gasteiger partial charge in [0.25, 0.3) is 0 Å². The highest BCUT2D eigenvalue weighted by molar-refractivity contribution is 6.61. The van der Waals surface area contributed by atoms with Crippen LogP contribution in [-0.2, 0) is 16.1 Å². The van der Waals surface area contributed by atoms with Crippen LogP contribution in [0.2, 0.25) is 0 Å². The largest absolute Gasteiger partial charge is 0.454 e. The Morgan fingerprint density at radius 3 is 2.60 bits per heavy atom. The van der Waals surface area contributed by atoms with Gasteiger partial charge in [-0.2, -0.15) is 0 Å². The SMILES string of the molecule is O=C(Cl)OCCCOCc1ccccc1. The Kier molecular flexibility index (Phi) is 5.81. The molecule has 0 unspecified atom stereocenters. The van der Waals surface area contributed by atoms with Crippen molar-refractivity contribution in [3.05, 3.63) is 35.9 Å². The quantitative estimate of drug-likeness (QED) is 0.555. The van der Waals surface area contributed by atoms with Crippen LogP contribution in [0.15, 0.2) is 30.3 Å². The first kappa shape index (κ1) is 12.0. The van der Waals surface area contributed by atoms with Crippen LogP contribution in [0, 0.1) is 0 Å². The highest BCUT2D eigenvalue weighted by Crippen LogP contribution is 2.00. The zero-order valence-corrected chi connectivity index (χ0v) is 9.07. The van der Waals surface area contributed by atoms with E-state index in [9.17, 15) is 4.79 Å². The molecule has 0 aliphatic carbocycles. The third-order valence-corrected chi connectivity index (χ3v) is 1.87. The predicted octanol–water partition coefficient (Wildman–Crippen LogP) is 2.97. The summed E-state index contributed by atoms with van der Waals surface area (Å²) in [6, 6.07) is 9.89. The van der Waals surface area contributed by atoms with E-state index in [-0.39, 0.29) is 0 Å². The van der Waals surface area contributed by atoms with E-state index in [0.29, 0.717) is 26.2 Å². The average Bonchev–Trinajstić information content (AvgIpc) is 2.24. The fraction of sp³-hybridized carbons (Fsp3) is 0.364. The van der Waals surface area contributed by atoms with E-state index in [2.05, 4.69) is 4.74 Å². The van der Waals surface area contributed by atoms with Crippen LogP contribution in [0.25, 0.3) is 0 Å². The van der Waals surface area contributed by atoms with E-state index in [1.807, 2.05) is 30.3 Å². The molecule has 0 fully saturated rings. The van der Waals surface area contributed by atoms with Crippen LogP contribution >= 0.6 is 11.6 Å². The maximum absolute atomic E-state index is 10.2. The topological polar surface area (TPSA) is 35.5 Å². The van der Waals surface area contributed by atoms with Crippen LogP contribution in [0.3, 0.4) is 0 Å². The van der Waals surface area contributed by atoms with E-state index in [4.69, 9.17) is 16.3 Å². The van der Waals surface area contributed by atoms with Gasteiger partial charge in [0.15, 0.2) is 0 Å². The van der Waals surface area contributed by atoms with Gasteiger partial charge in [0.05, 0.1) is 19.8 Å². The van der Waals surface area contributed by atoms with Gasteiger partial charge in [0, 0.05) is 18.0 Å². The molecule has 82 valence electrons. The first-order chi connectivity index (χ1) is 7.29. The van der Waals surface area contributed by atoms with Crippen LogP contribution in [0.5, 0.6) is 0 Å². The molecule has 0 heterocycles. The fourth-order valence-corrected chi connectivity index (χ4v) is 1.15. The highest BCUT2D eigenvalue weighted by atomic mass is 35.5. The molecule has 0 atom stereocenters. The van der Waals surface area contributed by atoms with Crippen LogP contribution < -0.4 is 0 Å². The van der Waals surface area contributed by atoms with E-state index in [1.165, 1.54) is 0 Å². The van der Waals surface area contributed by atoms with Gasteiger partial charge in [0.2, 0.25) is 0 Å². The van der Waals surface area contributed by atoms with E-state index in [1.54, 1.807) is 0 Å². The Bertz CT molecular complexity index is 287. The molecule has 1 aromatic rings. The molecule has 0 radical (unpaired) electrons. The molecule has 3 nitrogen and oxygen atoms in total. The molecule has 0 aromatic heterocycles. The summed E-state index contributed by atoms with van der Waals surface area (Å²) in [5.41, 5.74) is 0.366. The predicted molar refractivity (Wildman–Crippen MR) is 57.9 cm³/mol. The lowest BCUT2D eigenvalue weighted by Crippen LogP contribution is -2.02. The molecule has 1 aromatic carbocycles. The molecule has 0 aliphatic heterocycles. The molecule has 0 N–H and O–H groups in total. The zero-order chi connectivity index (χ0) is 10.9. The molecule has 4 heteroatoms. The maximum atomic E-state index is 10.2. The molecule has 1 rings (SSSR count). The first-order valence-corrected chi connectivity index (χ1v) is 5.11. The summed E-state index contributed by atoms with van der Waals surface area (Å²) in [4.78, 5) is 10.2. The Morgan fingerprint density at radius 2 is 1.93 bits per heavy atom. The lowest BCUT2D eigenvalue weighted by molar-refractivity contribution is 0.0985. The number of hydrogen-bond acceptors (Lipinski definition) is 3. The van der Waals surface area contributed by atoms with Gasteiger partial charge >= 0.3 is 5.43 Å². The minimum absolute atomic E-state index is 0.303. The summed E-state index contributed by atoms with van der Waals surface area (Å²) in [6.45, 7) is 1.44. The van der Waals surface area contributed by atoms with Crippen molar-refractivity contribution in [3.63, 3.8) is 0 Å². The summed E-state index contributed by atoms with van der Waals surface area (Å²) in [5.74, 6) is 0. The van der Waals surface area contributed by atoms with Crippen molar-refractivity contribution in [1.82, 2.24) is 0 Å². The molecule has 0 saturated heterocycles. The fourth-order valence-electron chi connectivity index (χ4n) is 1.08. The van der Waals surface area contributed by atoms with Crippen molar-refractivity contribution in [2.75, 3.05) is 13.2 Å². The molecule has 0 aliphatic rings. The summed E-state index contributed by atoms with van der Waals surface area (Å²) in [7, 11) is 0. The van der Waals surface area contributed by atoms with E-state index < -0.39 is 5.43 Å². The molecule has 15 heavy (non-hydrogen) atoms. The second-order valence-corrected chi connectivity index (χ2v) is 3.29. The summed E-state index contributed by atoms with van der Waals surface area (Å²) in [5, 5.41) is 0. The van der Waals surface area contributed by atoms with Crippen LogP contribution in [0.1, 0.15) is 12.0 Å². The monoisotopic (exact) mass is 228 g/mol. The van der Waals surface area contributed by atoms with E-state index in [0.717, 1.165) is 5.56 Å². The minimum atomic E-state index is -0.766. The molecular formula is C11H13ClO3. The van der Waals surface area contributed by atoms with Gasteiger partial charge in [-0.15, -0.1) is 0 Å². The third kappa shape index (κ3) is 6.10. The standard InChI is InChI=1S/C11H13ClO3/c12-11(13)15-8-4-7-14-9-10-5-2-1-3-6-10/h1-3,5-6H,4,7-9H2. The maximum Gasteiger partial charge on any atom is 0.403 e. The Morgan fingerprint density at radius 1 is 1.20 bits per heavy atom. The zero-order valence-electron chi connectivity index (χ0n) is 8.32. The molecule has 0 saturated carbocycles. The van der Waals surface area contributed by atoms with Gasteiger partial charge in [0.1, 0.15) is 0 Å². The van der Waals surface area contributed by atoms with Crippen molar-refractivity contribution in [1.29, 1.82) is 0 Å². The van der Waals surface area contributed by atoms with Crippen molar-refractivity contribution in [2.24, 2.45) is 0 Å². The van der Waals surface area contributed by atoms with Gasteiger partial charge in [-0.05, 0) is 5.56 Å². The smallest absolute Gasteiger partial charge is 0.403 e. The van der Waals surface area contributed by atoms with Crippen LogP contribution in [-0.4, -0.2) is 18.6 Å². The first-order valence-electron chi connectivity index (χ1n) is 4.73. The molecule has 0 spiro atoms. The molecule has 0 amide bonds. The van der Waals surface area contributed by atoms with Gasteiger partial charge in [-0.1, -0.05) is 30.3 Å². The second kappa shape index (κ2) is 7.26. The van der Waals surface area contributed by atoms with Crippen molar-refractivity contribution in [2.45, 2.75) is 13.0 Å². The number of carbonyl (C=O) groups is 1. The summed E-state index contributed by atoms with van der Waals surface area (Å²) < 4.78 is 9.91. The van der Waals surface area contributed by atoms with Crippen molar-refractivity contribution < 1.29 is 14.3 Å². The Balaban J connectivity index is 2.00. The van der Waals surface area contributed by atoms with E-state index >= 15 is 0 Å². The lowest BCUT2D eigenvalue weighted by Gasteiger charge is -2.03. The number of carbonyl (C=O) groups excluding carboxylic acids is 1. The number of ether oxygens (including phenoxy) is 2. The Labute approximate surface area is 93.9 Å². The lowest BCUT2D eigenvalue weighted by atomic mass is 10.2. The number of hydrogen-bond donors (Lipinski definition) is 0. The van der Waals surface area contributed by atoms with Gasteiger partial charge in [-0.25, -0.2) is 4.79 Å². The van der Waals surface area contributed by atoms with Gasteiger partial charge < -0.3 is 9.47 Å². The van der Waals surface area contributed by atoms with Crippen LogP contribution in [0.4, 0.5) is 4.79 Å². The second-order valence-electron chi connectivity index (χ2n) is 2.98. The van der Waals surface area contributed by atoms with Crippen molar-refractivity contribution >= 4 is 17.0 Å². The normalized spacial score (nSPS) is 9.93. The average molecular weight is 229 g/mol. The molecular weight excluding hydrogens is 216 g/mol. The number of rotatable bonds is 6. The van der Waals surface area contributed by atoms with Crippen molar-refractivity contribution in [3.8, 4) is 0 Å². The number of benzene rings is 1. The summed E-state index contributed by atoms with van der Waals surface area (Å²) in [6.07, 6.45) is 0.658. The highest BCUT2D eigenvalue weighted by Gasteiger charge is 1.95. The minimum Gasteiger partial charge on any atom is -0.454 e. The summed E-state index contributed by atoms with van der Waals surface area (Å²) >= 11 is 4.98.